The molecule has 0 spiro atoms. The van der Waals surface area contributed by atoms with Crippen LogP contribution in [0.25, 0.3) is 0 Å². The van der Waals surface area contributed by atoms with Crippen LogP contribution in [0.15, 0.2) is 24.3 Å². The van der Waals surface area contributed by atoms with Gasteiger partial charge < -0.3 is 15.3 Å². The van der Waals surface area contributed by atoms with Crippen LogP contribution in [0.5, 0.6) is 0 Å². The highest BCUT2D eigenvalue weighted by Gasteiger charge is 2.18. The molecule has 1 heterocycles. The van der Waals surface area contributed by atoms with Gasteiger partial charge in [-0.15, -0.1) is 0 Å². The molecule has 0 aliphatic carbocycles. The minimum absolute atomic E-state index is 0.222. The van der Waals surface area contributed by atoms with Gasteiger partial charge in [-0.3, -0.25) is 0 Å². The molecule has 1 aliphatic heterocycles. The number of aliphatic hydroxyl groups is 1. The highest BCUT2D eigenvalue weighted by Crippen LogP contribution is 2.15. The van der Waals surface area contributed by atoms with Crippen LogP contribution in [0.3, 0.4) is 0 Å². The van der Waals surface area contributed by atoms with Crippen molar-refractivity contribution in [3.8, 4) is 0 Å². The molecule has 1 aromatic rings. The maximum absolute atomic E-state index is 8.83. The minimum Gasteiger partial charge on any atom is -0.396 e. The molecule has 2 rings (SSSR count). The molecule has 1 aromatic carbocycles. The van der Waals surface area contributed by atoms with Crippen LogP contribution < -0.4 is 5.32 Å². The second-order valence-electron chi connectivity index (χ2n) is 4.56. The molecule has 1 atom stereocenters. The van der Waals surface area contributed by atoms with E-state index in [1.807, 2.05) is 0 Å². The molecule has 0 saturated carbocycles. The van der Waals surface area contributed by atoms with E-state index >= 15 is 0 Å². The lowest BCUT2D eigenvalue weighted by atomic mass is 10.1. The van der Waals surface area contributed by atoms with E-state index in [1.54, 1.807) is 0 Å². The molecule has 88 valence electrons. The maximum atomic E-state index is 8.83. The summed E-state index contributed by atoms with van der Waals surface area (Å²) in [7, 11) is 2.16. The minimum atomic E-state index is 0.222. The van der Waals surface area contributed by atoms with Gasteiger partial charge >= 0.3 is 0 Å². The molecule has 1 fully saturated rings. The van der Waals surface area contributed by atoms with E-state index in [9.17, 15) is 0 Å². The molecule has 0 aromatic heterocycles. The first-order valence-electron chi connectivity index (χ1n) is 5.93. The van der Waals surface area contributed by atoms with E-state index in [0.29, 0.717) is 6.04 Å². The van der Waals surface area contributed by atoms with Gasteiger partial charge in [-0.1, -0.05) is 12.1 Å². The SMILES string of the molecule is CN1CCC(Nc2ccc(CCO)cc2)C1. The number of aliphatic hydroxyl groups excluding tert-OH is 1. The Morgan fingerprint density at radius 2 is 2.12 bits per heavy atom. The monoisotopic (exact) mass is 220 g/mol. The molecule has 16 heavy (non-hydrogen) atoms. The van der Waals surface area contributed by atoms with Gasteiger partial charge in [0.15, 0.2) is 0 Å². The fourth-order valence-corrected chi connectivity index (χ4v) is 2.19. The van der Waals surface area contributed by atoms with Crippen LogP contribution in [0.4, 0.5) is 5.69 Å². The van der Waals surface area contributed by atoms with E-state index in [1.165, 1.54) is 24.2 Å². The summed E-state index contributed by atoms with van der Waals surface area (Å²) in [5.41, 5.74) is 2.37. The number of nitrogens with one attached hydrogen (secondary N) is 1. The van der Waals surface area contributed by atoms with Crippen LogP contribution in [-0.4, -0.2) is 42.8 Å². The average Bonchev–Trinajstić information content (AvgIpc) is 2.67. The lowest BCUT2D eigenvalue weighted by Crippen LogP contribution is -2.23. The van der Waals surface area contributed by atoms with Crippen molar-refractivity contribution in [3.63, 3.8) is 0 Å². The summed E-state index contributed by atoms with van der Waals surface area (Å²) in [5.74, 6) is 0. The van der Waals surface area contributed by atoms with Gasteiger partial charge in [-0.05, 0) is 44.1 Å². The van der Waals surface area contributed by atoms with Crippen LogP contribution in [0, 0.1) is 0 Å². The van der Waals surface area contributed by atoms with Crippen molar-refractivity contribution in [2.24, 2.45) is 0 Å². The molecule has 3 heteroatoms. The highest BCUT2D eigenvalue weighted by atomic mass is 16.2. The fraction of sp³-hybridized carbons (Fsp3) is 0.538. The lowest BCUT2D eigenvalue weighted by molar-refractivity contribution is 0.299. The first kappa shape index (κ1) is 11.4. The number of likely N-dealkylation sites (N-methyl/N-ethyl adjacent to an activating group) is 1. The van der Waals surface area contributed by atoms with Crippen molar-refractivity contribution in [1.82, 2.24) is 4.90 Å². The van der Waals surface area contributed by atoms with Gasteiger partial charge in [0.2, 0.25) is 0 Å². The van der Waals surface area contributed by atoms with Crippen LogP contribution in [0.1, 0.15) is 12.0 Å². The maximum Gasteiger partial charge on any atom is 0.0471 e. The zero-order valence-corrected chi connectivity index (χ0v) is 9.82. The van der Waals surface area contributed by atoms with Crippen LogP contribution in [0.2, 0.25) is 0 Å². The Hall–Kier alpha value is -1.06. The summed E-state index contributed by atoms with van der Waals surface area (Å²) in [6.07, 6.45) is 1.96. The summed E-state index contributed by atoms with van der Waals surface area (Å²) >= 11 is 0. The van der Waals surface area contributed by atoms with E-state index < -0.39 is 0 Å². The Labute approximate surface area is 97.1 Å². The van der Waals surface area contributed by atoms with Crippen LogP contribution >= 0.6 is 0 Å². The van der Waals surface area contributed by atoms with Gasteiger partial charge in [0.25, 0.3) is 0 Å². The Morgan fingerprint density at radius 1 is 1.38 bits per heavy atom. The van der Waals surface area contributed by atoms with Crippen molar-refractivity contribution < 1.29 is 5.11 Å². The normalized spacial score (nSPS) is 21.2. The van der Waals surface area contributed by atoms with Crippen molar-refractivity contribution >= 4 is 5.69 Å². The number of nitrogens with zero attached hydrogens (tertiary/aromatic N) is 1. The molecular formula is C13H20N2O. The predicted molar refractivity (Wildman–Crippen MR) is 66.8 cm³/mol. The highest BCUT2D eigenvalue weighted by molar-refractivity contribution is 5.45. The second-order valence-corrected chi connectivity index (χ2v) is 4.56. The zero-order valence-electron chi connectivity index (χ0n) is 9.82. The Bertz CT molecular complexity index is 323. The molecule has 2 N–H and O–H groups in total. The number of benzene rings is 1. The Balaban J connectivity index is 1.89. The molecule has 0 bridgehead atoms. The summed E-state index contributed by atoms with van der Waals surface area (Å²) in [4.78, 5) is 2.35. The standard InChI is InChI=1S/C13H20N2O/c1-15-8-6-13(10-15)14-12-4-2-11(3-5-12)7-9-16/h2-5,13-14,16H,6-10H2,1H3. The van der Waals surface area contributed by atoms with E-state index in [2.05, 4.69) is 41.5 Å². The first-order chi connectivity index (χ1) is 7.78. The number of hydrogen-bond acceptors (Lipinski definition) is 3. The summed E-state index contributed by atoms with van der Waals surface area (Å²) < 4.78 is 0. The Morgan fingerprint density at radius 3 is 2.69 bits per heavy atom. The third-order valence-corrected chi connectivity index (χ3v) is 3.12. The second kappa shape index (κ2) is 5.32. The molecule has 0 radical (unpaired) electrons. The van der Waals surface area contributed by atoms with Crippen molar-refractivity contribution in [2.45, 2.75) is 18.9 Å². The third-order valence-electron chi connectivity index (χ3n) is 3.12. The van der Waals surface area contributed by atoms with Crippen molar-refractivity contribution in [2.75, 3.05) is 32.1 Å². The molecule has 1 saturated heterocycles. The van der Waals surface area contributed by atoms with Gasteiger partial charge in [0, 0.05) is 24.9 Å². The molecule has 0 amide bonds. The average molecular weight is 220 g/mol. The summed E-state index contributed by atoms with van der Waals surface area (Å²) in [6.45, 7) is 2.53. The molecular weight excluding hydrogens is 200 g/mol. The topological polar surface area (TPSA) is 35.5 Å². The third kappa shape index (κ3) is 2.97. The quantitative estimate of drug-likeness (QED) is 0.803. The fourth-order valence-electron chi connectivity index (χ4n) is 2.19. The van der Waals surface area contributed by atoms with Crippen molar-refractivity contribution in [1.29, 1.82) is 0 Å². The first-order valence-corrected chi connectivity index (χ1v) is 5.93. The zero-order chi connectivity index (χ0) is 11.4. The van der Waals surface area contributed by atoms with Gasteiger partial charge in [-0.2, -0.15) is 0 Å². The summed E-state index contributed by atoms with van der Waals surface area (Å²) in [5, 5.41) is 12.4. The van der Waals surface area contributed by atoms with Gasteiger partial charge in [0.1, 0.15) is 0 Å². The number of likely N-dealkylation sites (tertiary alicyclic amines) is 1. The van der Waals surface area contributed by atoms with Crippen molar-refractivity contribution in [3.05, 3.63) is 29.8 Å². The smallest absolute Gasteiger partial charge is 0.0471 e. The van der Waals surface area contributed by atoms with E-state index in [0.717, 1.165) is 13.0 Å². The lowest BCUT2D eigenvalue weighted by Gasteiger charge is -2.14. The largest absolute Gasteiger partial charge is 0.396 e. The number of hydrogen-bond donors (Lipinski definition) is 2. The predicted octanol–water partition coefficient (Wildman–Crippen LogP) is 1.34. The molecule has 1 aliphatic rings. The van der Waals surface area contributed by atoms with E-state index in [4.69, 9.17) is 5.11 Å². The molecule has 1 unspecified atom stereocenters. The van der Waals surface area contributed by atoms with Crippen LogP contribution in [-0.2, 0) is 6.42 Å². The van der Waals surface area contributed by atoms with Gasteiger partial charge in [0.05, 0.1) is 0 Å². The summed E-state index contributed by atoms with van der Waals surface area (Å²) in [6, 6.07) is 8.94. The van der Waals surface area contributed by atoms with E-state index in [-0.39, 0.29) is 6.61 Å². The van der Waals surface area contributed by atoms with Gasteiger partial charge in [-0.25, -0.2) is 0 Å². The number of anilines is 1. The molecule has 3 nitrogen and oxygen atoms in total. The number of rotatable bonds is 4. The Kier molecular flexibility index (Phi) is 3.80.